The number of halogens is 1. The predicted molar refractivity (Wildman–Crippen MR) is 95.1 cm³/mol. The zero-order chi connectivity index (χ0) is 14.3. The van der Waals surface area contributed by atoms with Gasteiger partial charge in [-0.15, -0.1) is 12.4 Å². The maximum atomic E-state index is 3.22. The van der Waals surface area contributed by atoms with Gasteiger partial charge in [0.05, 0.1) is 0 Å². The monoisotopic (exact) mass is 311 g/mol. The van der Waals surface area contributed by atoms with Crippen LogP contribution in [0.5, 0.6) is 0 Å². The normalized spacial score (nSPS) is 24.7. The maximum Gasteiger partial charge on any atom is 0.0388 e. The Morgan fingerprint density at radius 1 is 1.05 bits per heavy atom. The molecule has 0 saturated heterocycles. The molecule has 0 radical (unpaired) electrons. The highest BCUT2D eigenvalue weighted by atomic mass is 35.5. The molecule has 1 N–H and O–H groups in total. The van der Waals surface area contributed by atoms with E-state index in [0.29, 0.717) is 5.92 Å². The first-order chi connectivity index (χ1) is 10.4. The summed E-state index contributed by atoms with van der Waals surface area (Å²) in [6, 6.07) is 18.1. The van der Waals surface area contributed by atoms with Gasteiger partial charge in [-0.25, -0.2) is 0 Å². The van der Waals surface area contributed by atoms with Crippen molar-refractivity contribution >= 4 is 12.4 Å². The Kier molecular flexibility index (Phi) is 4.12. The van der Waals surface area contributed by atoms with E-state index < -0.39 is 0 Å². The molecule has 0 spiro atoms. The molecule has 3 aliphatic carbocycles. The smallest absolute Gasteiger partial charge is 0.0388 e. The van der Waals surface area contributed by atoms with Crippen LogP contribution in [-0.2, 0) is 5.41 Å². The lowest BCUT2D eigenvalue weighted by atomic mass is 9.55. The Balaban J connectivity index is 0.00000144. The first-order valence-electron chi connectivity index (χ1n) is 7.88. The summed E-state index contributed by atoms with van der Waals surface area (Å²) in [7, 11) is 2.00. The molecule has 0 atom stereocenters. The van der Waals surface area contributed by atoms with Gasteiger partial charge in [-0.1, -0.05) is 60.7 Å². The number of rotatable bonds is 3. The van der Waals surface area contributed by atoms with Crippen molar-refractivity contribution in [1.29, 1.82) is 0 Å². The van der Waals surface area contributed by atoms with Crippen molar-refractivity contribution in [3.63, 3.8) is 0 Å². The molecule has 0 heterocycles. The number of hydrogen-bond donors (Lipinski definition) is 1. The molecule has 0 aromatic heterocycles. The fourth-order valence-corrected chi connectivity index (χ4v) is 4.32. The highest BCUT2D eigenvalue weighted by Crippen LogP contribution is 2.56. The van der Waals surface area contributed by atoms with Crippen LogP contribution in [0.2, 0.25) is 0 Å². The molecule has 2 bridgehead atoms. The molecule has 2 heteroatoms. The molecule has 3 aliphatic rings. The van der Waals surface area contributed by atoms with Crippen molar-refractivity contribution in [3.05, 3.63) is 82.9 Å². The van der Waals surface area contributed by atoms with E-state index in [1.165, 1.54) is 35.1 Å². The second-order valence-electron chi connectivity index (χ2n) is 6.20. The van der Waals surface area contributed by atoms with Crippen LogP contribution in [0.15, 0.2) is 60.7 Å². The van der Waals surface area contributed by atoms with E-state index in [4.69, 9.17) is 0 Å². The molecule has 0 saturated carbocycles. The highest BCUT2D eigenvalue weighted by molar-refractivity contribution is 5.85. The van der Waals surface area contributed by atoms with Gasteiger partial charge < -0.3 is 5.32 Å². The molecule has 1 nitrogen and oxygen atoms in total. The van der Waals surface area contributed by atoms with Gasteiger partial charge >= 0.3 is 0 Å². The molecule has 0 aliphatic heterocycles. The van der Waals surface area contributed by atoms with E-state index in [2.05, 4.69) is 66.0 Å². The molecule has 114 valence electrons. The number of benzene rings is 2. The number of fused-ring (bicyclic) bond motifs is 1. The van der Waals surface area contributed by atoms with Crippen molar-refractivity contribution in [1.82, 2.24) is 5.32 Å². The molecule has 0 amide bonds. The summed E-state index contributed by atoms with van der Waals surface area (Å²) < 4.78 is 0. The number of hydrogen-bond acceptors (Lipinski definition) is 1. The first-order valence-corrected chi connectivity index (χ1v) is 7.88. The minimum absolute atomic E-state index is 0. The molecular weight excluding hydrogens is 290 g/mol. The molecule has 2 aromatic rings. The van der Waals surface area contributed by atoms with Crippen LogP contribution in [0.4, 0.5) is 0 Å². The molecule has 22 heavy (non-hydrogen) atoms. The fraction of sp³-hybridized carbons (Fsp3) is 0.300. The number of allylic oxidation sites excluding steroid dienone is 1. The van der Waals surface area contributed by atoms with Gasteiger partial charge in [0.15, 0.2) is 0 Å². The van der Waals surface area contributed by atoms with E-state index >= 15 is 0 Å². The topological polar surface area (TPSA) is 12.0 Å². The number of likely N-dealkylation sites (N-methyl/N-ethyl adjacent to an activating group) is 1. The Hall–Kier alpha value is -1.57. The van der Waals surface area contributed by atoms with Crippen molar-refractivity contribution < 1.29 is 0 Å². The Morgan fingerprint density at radius 3 is 2.23 bits per heavy atom. The summed E-state index contributed by atoms with van der Waals surface area (Å²) in [6.07, 6.45) is 7.22. The molecule has 5 rings (SSSR count). The molecule has 0 fully saturated rings. The Bertz CT molecular complexity index is 657. The van der Waals surface area contributed by atoms with Crippen LogP contribution in [0.1, 0.15) is 41.0 Å². The zero-order valence-electron chi connectivity index (χ0n) is 12.9. The van der Waals surface area contributed by atoms with Gasteiger partial charge in [0.2, 0.25) is 0 Å². The average molecular weight is 312 g/mol. The van der Waals surface area contributed by atoms with Crippen LogP contribution >= 0.6 is 12.4 Å². The second kappa shape index (κ2) is 5.91. The quantitative estimate of drug-likeness (QED) is 0.828. The molecular formula is C20H22ClN. The van der Waals surface area contributed by atoms with E-state index in [1.807, 2.05) is 7.05 Å². The van der Waals surface area contributed by atoms with E-state index in [1.54, 1.807) is 0 Å². The summed E-state index contributed by atoms with van der Waals surface area (Å²) in [5.74, 6) is 0.594. The third kappa shape index (κ3) is 2.04. The lowest BCUT2D eigenvalue weighted by Crippen LogP contribution is -2.38. The lowest BCUT2D eigenvalue weighted by molar-refractivity contribution is 0.439. The van der Waals surface area contributed by atoms with Crippen molar-refractivity contribution in [2.24, 2.45) is 0 Å². The summed E-state index contributed by atoms with van der Waals surface area (Å²) in [4.78, 5) is 0. The van der Waals surface area contributed by atoms with Gasteiger partial charge in [-0.05, 0) is 42.1 Å². The summed E-state index contributed by atoms with van der Waals surface area (Å²) in [6.45, 7) is 0.926. The van der Waals surface area contributed by atoms with Gasteiger partial charge in [-0.2, -0.15) is 0 Å². The van der Waals surface area contributed by atoms with Crippen LogP contribution in [0.3, 0.4) is 0 Å². The second-order valence-corrected chi connectivity index (χ2v) is 6.20. The number of nitrogens with one attached hydrogen (secondary N) is 1. The standard InChI is InChI=1S/C20H21N.ClH/c1-21-14-6-12-20-13-11-15(16-7-2-4-9-18(16)20)17-8-3-5-10-19(17)20;/h2-10,12,15,21H,11,13-14H2,1H3;1H. The van der Waals surface area contributed by atoms with Gasteiger partial charge in [0, 0.05) is 17.9 Å². The van der Waals surface area contributed by atoms with Gasteiger partial charge in [0.1, 0.15) is 0 Å². The lowest BCUT2D eigenvalue weighted by Gasteiger charge is -2.48. The third-order valence-electron chi connectivity index (χ3n) is 5.19. The van der Waals surface area contributed by atoms with Crippen molar-refractivity contribution in [2.45, 2.75) is 24.2 Å². The Labute approximate surface area is 138 Å². The SMILES string of the molecule is CNCC=CC12CCC(c3ccccc31)c1ccccc12.Cl. The summed E-state index contributed by atoms with van der Waals surface area (Å²) in [5, 5.41) is 3.22. The zero-order valence-corrected chi connectivity index (χ0v) is 13.7. The molecule has 2 aromatic carbocycles. The summed E-state index contributed by atoms with van der Waals surface area (Å²) in [5.41, 5.74) is 6.20. The van der Waals surface area contributed by atoms with Crippen molar-refractivity contribution in [2.75, 3.05) is 13.6 Å². The first kappa shape index (κ1) is 15.3. The van der Waals surface area contributed by atoms with Crippen LogP contribution in [0.25, 0.3) is 0 Å². The molecule has 0 unspecified atom stereocenters. The van der Waals surface area contributed by atoms with Gasteiger partial charge in [-0.3, -0.25) is 0 Å². The maximum absolute atomic E-state index is 3.22. The van der Waals surface area contributed by atoms with Crippen LogP contribution < -0.4 is 5.32 Å². The highest BCUT2D eigenvalue weighted by Gasteiger charge is 2.46. The van der Waals surface area contributed by atoms with Crippen molar-refractivity contribution in [3.8, 4) is 0 Å². The van der Waals surface area contributed by atoms with E-state index in [-0.39, 0.29) is 17.8 Å². The average Bonchev–Trinajstić information content (AvgIpc) is 2.56. The largest absolute Gasteiger partial charge is 0.316 e. The minimum atomic E-state index is 0. The van der Waals surface area contributed by atoms with E-state index in [9.17, 15) is 0 Å². The Morgan fingerprint density at radius 2 is 1.64 bits per heavy atom. The predicted octanol–water partition coefficient (Wildman–Crippen LogP) is 4.41. The van der Waals surface area contributed by atoms with Crippen LogP contribution in [-0.4, -0.2) is 13.6 Å². The minimum Gasteiger partial charge on any atom is -0.316 e. The van der Waals surface area contributed by atoms with Gasteiger partial charge in [0.25, 0.3) is 0 Å². The van der Waals surface area contributed by atoms with E-state index in [0.717, 1.165) is 6.54 Å². The third-order valence-corrected chi connectivity index (χ3v) is 5.19. The summed E-state index contributed by atoms with van der Waals surface area (Å²) >= 11 is 0. The van der Waals surface area contributed by atoms with Crippen LogP contribution in [0, 0.1) is 0 Å². The fourth-order valence-electron chi connectivity index (χ4n) is 4.32.